The highest BCUT2D eigenvalue weighted by Gasteiger charge is 2.08. The van der Waals surface area contributed by atoms with Gasteiger partial charge in [-0.25, -0.2) is 4.99 Å². The first-order valence-electron chi connectivity index (χ1n) is 7.80. The highest BCUT2D eigenvalue weighted by Crippen LogP contribution is 2.21. The van der Waals surface area contributed by atoms with Crippen molar-refractivity contribution in [2.45, 2.75) is 19.9 Å². The molecule has 0 fully saturated rings. The van der Waals surface area contributed by atoms with Crippen LogP contribution in [0.4, 0.5) is 5.69 Å². The first kappa shape index (κ1) is 15.7. The van der Waals surface area contributed by atoms with Crippen molar-refractivity contribution in [3.05, 3.63) is 70.3 Å². The molecule has 0 saturated carbocycles. The molecule has 0 radical (unpaired) electrons. The third-order valence-corrected chi connectivity index (χ3v) is 4.62. The van der Waals surface area contributed by atoms with E-state index in [0.29, 0.717) is 6.54 Å². The Kier molecular flexibility index (Phi) is 5.05. The van der Waals surface area contributed by atoms with Gasteiger partial charge >= 0.3 is 0 Å². The van der Waals surface area contributed by atoms with E-state index in [2.05, 4.69) is 41.1 Å². The first-order chi connectivity index (χ1) is 11.3. The minimum atomic E-state index is 0.0960. The van der Waals surface area contributed by atoms with E-state index in [1.807, 2.05) is 30.3 Å². The molecular formula is C19H20N2OS. The normalized spacial score (nSPS) is 11.8. The van der Waals surface area contributed by atoms with Crippen LogP contribution >= 0.6 is 11.3 Å². The average Bonchev–Trinajstić information content (AvgIpc) is 2.99. The Morgan fingerprint density at radius 2 is 1.78 bits per heavy atom. The Labute approximate surface area is 140 Å². The zero-order valence-electron chi connectivity index (χ0n) is 13.1. The molecule has 4 heteroatoms. The largest absolute Gasteiger partial charge is 0.395 e. The van der Waals surface area contributed by atoms with Gasteiger partial charge in [0.15, 0.2) is 4.80 Å². The molecule has 1 aromatic heterocycles. The third-order valence-electron chi connectivity index (χ3n) is 3.76. The van der Waals surface area contributed by atoms with Gasteiger partial charge in [-0.15, -0.1) is 11.3 Å². The molecule has 3 aromatic rings. The highest BCUT2D eigenvalue weighted by atomic mass is 32.1. The molecule has 0 aliphatic heterocycles. The van der Waals surface area contributed by atoms with Gasteiger partial charge in [0.25, 0.3) is 0 Å². The maximum atomic E-state index is 9.42. The molecule has 0 unspecified atom stereocenters. The molecule has 0 bridgehead atoms. The number of aliphatic hydroxyl groups is 1. The van der Waals surface area contributed by atoms with Crippen molar-refractivity contribution in [1.82, 2.24) is 4.57 Å². The number of para-hydroxylation sites is 1. The van der Waals surface area contributed by atoms with Crippen molar-refractivity contribution in [3.8, 4) is 11.3 Å². The van der Waals surface area contributed by atoms with Gasteiger partial charge in [-0.2, -0.15) is 0 Å². The molecule has 0 saturated heterocycles. The maximum Gasteiger partial charge on any atom is 0.190 e. The fraction of sp³-hybridized carbons (Fsp3) is 0.211. The number of hydrogen-bond acceptors (Lipinski definition) is 3. The summed E-state index contributed by atoms with van der Waals surface area (Å²) in [6.07, 6.45) is 1.04. The summed E-state index contributed by atoms with van der Waals surface area (Å²) in [6, 6.07) is 18.5. The molecule has 3 nitrogen and oxygen atoms in total. The quantitative estimate of drug-likeness (QED) is 0.757. The van der Waals surface area contributed by atoms with E-state index in [0.717, 1.165) is 28.2 Å². The Morgan fingerprint density at radius 3 is 2.43 bits per heavy atom. The van der Waals surface area contributed by atoms with Crippen molar-refractivity contribution in [2.75, 3.05) is 6.61 Å². The molecule has 0 spiro atoms. The number of aliphatic hydroxyl groups excluding tert-OH is 1. The van der Waals surface area contributed by atoms with E-state index in [9.17, 15) is 5.11 Å². The van der Waals surface area contributed by atoms with Crippen molar-refractivity contribution < 1.29 is 5.11 Å². The maximum absolute atomic E-state index is 9.42. The molecular weight excluding hydrogens is 304 g/mol. The summed E-state index contributed by atoms with van der Waals surface area (Å²) in [4.78, 5) is 5.61. The van der Waals surface area contributed by atoms with Gasteiger partial charge in [0.05, 0.1) is 18.0 Å². The van der Waals surface area contributed by atoms with Crippen LogP contribution in [0.3, 0.4) is 0 Å². The van der Waals surface area contributed by atoms with Crippen LogP contribution in [-0.2, 0) is 13.0 Å². The van der Waals surface area contributed by atoms with Crippen LogP contribution in [0.25, 0.3) is 11.3 Å². The fourth-order valence-electron chi connectivity index (χ4n) is 2.49. The molecule has 2 aromatic carbocycles. The smallest absolute Gasteiger partial charge is 0.190 e. The average molecular weight is 324 g/mol. The van der Waals surface area contributed by atoms with Crippen molar-refractivity contribution in [1.29, 1.82) is 0 Å². The predicted octanol–water partition coefficient (Wildman–Crippen LogP) is 4.00. The SMILES string of the molecule is CCc1ccc(-c2csc(=Nc3ccccc3)n2CCO)cc1. The van der Waals surface area contributed by atoms with E-state index in [4.69, 9.17) is 4.99 Å². The monoisotopic (exact) mass is 324 g/mol. The Bertz CT molecular complexity index is 817. The van der Waals surface area contributed by atoms with E-state index in [1.165, 1.54) is 5.56 Å². The Morgan fingerprint density at radius 1 is 1.04 bits per heavy atom. The zero-order valence-corrected chi connectivity index (χ0v) is 14.0. The minimum absolute atomic E-state index is 0.0960. The third kappa shape index (κ3) is 3.60. The van der Waals surface area contributed by atoms with Crippen LogP contribution in [0, 0.1) is 0 Å². The van der Waals surface area contributed by atoms with Gasteiger partial charge in [-0.1, -0.05) is 49.4 Å². The Balaban J connectivity index is 2.06. The molecule has 3 rings (SSSR count). The van der Waals surface area contributed by atoms with Gasteiger partial charge in [-0.3, -0.25) is 0 Å². The van der Waals surface area contributed by atoms with Crippen LogP contribution in [0.15, 0.2) is 65.0 Å². The summed E-state index contributed by atoms with van der Waals surface area (Å²) < 4.78 is 2.08. The van der Waals surface area contributed by atoms with Gasteiger partial charge in [-0.05, 0) is 29.7 Å². The minimum Gasteiger partial charge on any atom is -0.395 e. The summed E-state index contributed by atoms with van der Waals surface area (Å²) in [5.41, 5.74) is 4.50. The number of rotatable bonds is 5. The van der Waals surface area contributed by atoms with Crippen LogP contribution in [-0.4, -0.2) is 16.3 Å². The molecule has 0 aliphatic carbocycles. The second-order valence-corrected chi connectivity index (χ2v) is 6.11. The number of benzene rings is 2. The van der Waals surface area contributed by atoms with E-state index >= 15 is 0 Å². The number of nitrogens with zero attached hydrogens (tertiary/aromatic N) is 2. The molecule has 23 heavy (non-hydrogen) atoms. The van der Waals surface area contributed by atoms with Crippen molar-refractivity contribution in [2.24, 2.45) is 4.99 Å². The second kappa shape index (κ2) is 7.40. The topological polar surface area (TPSA) is 37.5 Å². The molecule has 1 N–H and O–H groups in total. The molecule has 0 atom stereocenters. The number of hydrogen-bond donors (Lipinski definition) is 1. The van der Waals surface area contributed by atoms with Gasteiger partial charge in [0.1, 0.15) is 0 Å². The van der Waals surface area contributed by atoms with Crippen LogP contribution in [0.5, 0.6) is 0 Å². The lowest BCUT2D eigenvalue weighted by molar-refractivity contribution is 0.275. The first-order valence-corrected chi connectivity index (χ1v) is 8.68. The van der Waals surface area contributed by atoms with Gasteiger partial charge in [0.2, 0.25) is 0 Å². The van der Waals surface area contributed by atoms with E-state index in [-0.39, 0.29) is 6.61 Å². The van der Waals surface area contributed by atoms with E-state index in [1.54, 1.807) is 11.3 Å². The second-order valence-electron chi connectivity index (χ2n) is 5.28. The van der Waals surface area contributed by atoms with Gasteiger partial charge < -0.3 is 9.67 Å². The lowest BCUT2D eigenvalue weighted by Gasteiger charge is -2.08. The molecule has 1 heterocycles. The fourth-order valence-corrected chi connectivity index (χ4v) is 3.45. The van der Waals surface area contributed by atoms with Crippen LogP contribution < -0.4 is 4.80 Å². The summed E-state index contributed by atoms with van der Waals surface area (Å²) in [6.45, 7) is 2.79. The summed E-state index contributed by atoms with van der Waals surface area (Å²) >= 11 is 1.60. The standard InChI is InChI=1S/C19H20N2OS/c1-2-15-8-10-16(11-9-15)18-14-23-19(21(18)12-13-22)20-17-6-4-3-5-7-17/h3-11,14,22H,2,12-13H2,1H3. The van der Waals surface area contributed by atoms with Crippen LogP contribution in [0.1, 0.15) is 12.5 Å². The summed E-state index contributed by atoms with van der Waals surface area (Å²) in [7, 11) is 0. The number of aromatic nitrogens is 1. The summed E-state index contributed by atoms with van der Waals surface area (Å²) in [5, 5.41) is 11.5. The van der Waals surface area contributed by atoms with Crippen LogP contribution in [0.2, 0.25) is 0 Å². The Hall–Kier alpha value is -2.17. The number of aryl methyl sites for hydroxylation is 1. The van der Waals surface area contributed by atoms with E-state index < -0.39 is 0 Å². The van der Waals surface area contributed by atoms with Crippen molar-refractivity contribution >= 4 is 17.0 Å². The predicted molar refractivity (Wildman–Crippen MR) is 95.9 cm³/mol. The molecule has 118 valence electrons. The van der Waals surface area contributed by atoms with Crippen molar-refractivity contribution in [3.63, 3.8) is 0 Å². The lowest BCUT2D eigenvalue weighted by atomic mass is 10.1. The zero-order chi connectivity index (χ0) is 16.1. The molecule has 0 amide bonds. The lowest BCUT2D eigenvalue weighted by Crippen LogP contribution is -2.17. The number of thiazole rings is 1. The highest BCUT2D eigenvalue weighted by molar-refractivity contribution is 7.07. The van der Waals surface area contributed by atoms with Gasteiger partial charge in [0, 0.05) is 11.9 Å². The molecule has 0 aliphatic rings. The summed E-state index contributed by atoms with van der Waals surface area (Å²) in [5.74, 6) is 0.